The van der Waals surface area contributed by atoms with Gasteiger partial charge < -0.3 is 0 Å². The molecular formula is C17H13OSSe. The van der Waals surface area contributed by atoms with Crippen molar-refractivity contribution in [3.05, 3.63) is 77.9 Å². The summed E-state index contributed by atoms with van der Waals surface area (Å²) >= 11 is 7.91. The number of hydrogen-bond donors (Lipinski definition) is 1. The molecule has 1 radical (unpaired) electrons. The van der Waals surface area contributed by atoms with Crippen LogP contribution in [-0.2, 0) is 9.54 Å². The Labute approximate surface area is 132 Å². The number of carbonyl (C=O) groups excluding carboxylic acids is 1. The fraction of sp³-hybridized carbons (Fsp3) is 0.118. The van der Waals surface area contributed by atoms with Gasteiger partial charge in [0, 0.05) is 0 Å². The Morgan fingerprint density at radius 3 is 2.10 bits per heavy atom. The number of benzene rings is 2. The van der Waals surface area contributed by atoms with E-state index in [4.69, 9.17) is 12.6 Å². The van der Waals surface area contributed by atoms with Crippen molar-refractivity contribution >= 4 is 40.0 Å². The van der Waals surface area contributed by atoms with Crippen molar-refractivity contribution in [1.82, 2.24) is 0 Å². The van der Waals surface area contributed by atoms with E-state index >= 15 is 0 Å². The molecule has 99 valence electrons. The second kappa shape index (κ2) is 5.25. The zero-order valence-corrected chi connectivity index (χ0v) is 13.3. The summed E-state index contributed by atoms with van der Waals surface area (Å²) in [6, 6.07) is 19.9. The molecule has 2 atom stereocenters. The Kier molecular flexibility index (Phi) is 3.59. The van der Waals surface area contributed by atoms with Crippen molar-refractivity contribution in [2.45, 2.75) is 9.56 Å². The molecule has 2 aromatic rings. The van der Waals surface area contributed by atoms with Gasteiger partial charge in [0.25, 0.3) is 0 Å². The molecule has 0 fully saturated rings. The maximum atomic E-state index is 12.2. The summed E-state index contributed by atoms with van der Waals surface area (Å²) in [4.78, 5) is 11.9. The summed E-state index contributed by atoms with van der Waals surface area (Å²) in [5, 5.41) is 0. The zero-order chi connectivity index (χ0) is 14.2. The van der Waals surface area contributed by atoms with Gasteiger partial charge in [-0.05, 0) is 0 Å². The first kappa shape index (κ1) is 13.7. The molecule has 0 heterocycles. The average Bonchev–Trinajstić information content (AvgIpc) is 2.74. The fourth-order valence-electron chi connectivity index (χ4n) is 2.60. The van der Waals surface area contributed by atoms with Crippen LogP contribution < -0.4 is 0 Å². The van der Waals surface area contributed by atoms with E-state index in [2.05, 4.69) is 16.0 Å². The molecule has 0 saturated heterocycles. The summed E-state index contributed by atoms with van der Waals surface area (Å²) in [6.07, 6.45) is 1.72. The van der Waals surface area contributed by atoms with E-state index in [1.165, 1.54) is 0 Å². The summed E-state index contributed by atoms with van der Waals surface area (Å²) in [7, 11) is 0. The summed E-state index contributed by atoms with van der Waals surface area (Å²) in [5.41, 5.74) is 3.03. The quantitative estimate of drug-likeness (QED) is 0.652. The maximum absolute atomic E-state index is 12.2. The predicted molar refractivity (Wildman–Crippen MR) is 86.0 cm³/mol. The Morgan fingerprint density at radius 1 is 0.950 bits per heavy atom. The van der Waals surface area contributed by atoms with E-state index in [1.54, 1.807) is 6.08 Å². The van der Waals surface area contributed by atoms with Crippen molar-refractivity contribution in [1.29, 1.82) is 0 Å². The van der Waals surface area contributed by atoms with Crippen LogP contribution in [0.15, 0.2) is 66.7 Å². The van der Waals surface area contributed by atoms with Crippen molar-refractivity contribution in [2.75, 3.05) is 0 Å². The molecule has 1 nitrogen and oxygen atoms in total. The molecule has 0 amide bonds. The number of thiol groups is 1. The van der Waals surface area contributed by atoms with Gasteiger partial charge in [-0.25, -0.2) is 0 Å². The summed E-state index contributed by atoms with van der Waals surface area (Å²) in [5.74, 6) is 0.0858. The van der Waals surface area contributed by atoms with Crippen LogP contribution in [0.2, 0.25) is 4.82 Å². The van der Waals surface area contributed by atoms with Gasteiger partial charge in [-0.2, -0.15) is 0 Å². The van der Waals surface area contributed by atoms with Gasteiger partial charge in [-0.1, -0.05) is 0 Å². The first-order chi connectivity index (χ1) is 9.64. The molecule has 2 unspecified atom stereocenters. The van der Waals surface area contributed by atoms with Gasteiger partial charge in [-0.3, -0.25) is 0 Å². The van der Waals surface area contributed by atoms with E-state index in [1.807, 2.05) is 60.7 Å². The van der Waals surface area contributed by atoms with Crippen LogP contribution in [0.25, 0.3) is 5.57 Å². The van der Waals surface area contributed by atoms with Crippen LogP contribution >= 0.6 is 12.6 Å². The van der Waals surface area contributed by atoms with Crippen LogP contribution in [-0.4, -0.2) is 21.8 Å². The Hall–Kier alpha value is -1.28. The number of hydrogen-bond acceptors (Lipinski definition) is 2. The molecule has 1 aliphatic rings. The molecule has 2 aromatic carbocycles. The standard InChI is InChI=1S/C17H13OSSe/c18-15-11-14(12-7-3-1-4-8-12)17(19,16(15)20)13-9-5-2-6-10-13/h1-11,16,19H. The van der Waals surface area contributed by atoms with Crippen LogP contribution in [0.5, 0.6) is 0 Å². The van der Waals surface area contributed by atoms with E-state index in [0.717, 1.165) is 16.7 Å². The normalized spacial score (nSPS) is 25.6. The fourth-order valence-corrected chi connectivity index (χ4v) is 3.76. The second-order valence-electron chi connectivity index (χ2n) is 4.84. The minimum atomic E-state index is -0.611. The third-order valence-electron chi connectivity index (χ3n) is 3.63. The van der Waals surface area contributed by atoms with Crippen molar-refractivity contribution in [2.24, 2.45) is 0 Å². The molecule has 20 heavy (non-hydrogen) atoms. The molecule has 3 rings (SSSR count). The first-order valence-electron chi connectivity index (χ1n) is 6.39. The van der Waals surface area contributed by atoms with E-state index in [-0.39, 0.29) is 10.6 Å². The third kappa shape index (κ3) is 2.07. The van der Waals surface area contributed by atoms with Gasteiger partial charge >= 0.3 is 132 Å². The molecule has 1 aliphatic carbocycles. The number of carbonyl (C=O) groups is 1. The minimum absolute atomic E-state index is 0.0858. The SMILES string of the molecule is O=C1C=C(c2ccccc2)C(S)(c2ccccc2)C1[Se]. The molecule has 0 saturated carbocycles. The first-order valence-corrected chi connectivity index (χ1v) is 7.83. The molecular weight excluding hydrogens is 331 g/mol. The molecule has 0 N–H and O–H groups in total. The predicted octanol–water partition coefficient (Wildman–Crippen LogP) is 3.44. The Morgan fingerprint density at radius 2 is 1.50 bits per heavy atom. The Balaban J connectivity index is 2.18. The van der Waals surface area contributed by atoms with E-state index in [9.17, 15) is 4.79 Å². The topological polar surface area (TPSA) is 17.1 Å². The summed E-state index contributed by atoms with van der Waals surface area (Å²) in [6.45, 7) is 0. The molecule has 0 bridgehead atoms. The number of rotatable bonds is 2. The molecule has 3 heteroatoms. The number of ketones is 1. The van der Waals surface area contributed by atoms with Gasteiger partial charge in [0.1, 0.15) is 0 Å². The summed E-state index contributed by atoms with van der Waals surface area (Å²) < 4.78 is -0.611. The van der Waals surface area contributed by atoms with Gasteiger partial charge in [0.15, 0.2) is 0 Å². The van der Waals surface area contributed by atoms with E-state index in [0.29, 0.717) is 0 Å². The Bertz CT molecular complexity index is 666. The monoisotopic (exact) mass is 345 g/mol. The molecule has 0 spiro atoms. The third-order valence-corrected chi connectivity index (χ3v) is 6.01. The van der Waals surface area contributed by atoms with Gasteiger partial charge in [-0.15, -0.1) is 0 Å². The van der Waals surface area contributed by atoms with Crippen LogP contribution in [0, 0.1) is 0 Å². The average molecular weight is 344 g/mol. The van der Waals surface area contributed by atoms with Crippen molar-refractivity contribution < 1.29 is 4.79 Å². The van der Waals surface area contributed by atoms with Crippen LogP contribution in [0.3, 0.4) is 0 Å². The van der Waals surface area contributed by atoms with Crippen molar-refractivity contribution in [3.63, 3.8) is 0 Å². The zero-order valence-electron chi connectivity index (χ0n) is 10.7. The van der Waals surface area contributed by atoms with Gasteiger partial charge in [0.2, 0.25) is 0 Å². The van der Waals surface area contributed by atoms with Crippen LogP contribution in [0.4, 0.5) is 0 Å². The molecule has 0 aliphatic heterocycles. The second-order valence-corrected chi connectivity index (χ2v) is 6.53. The molecule has 0 aromatic heterocycles. The van der Waals surface area contributed by atoms with E-state index < -0.39 is 4.75 Å². The number of allylic oxidation sites excluding steroid dienone is 1. The van der Waals surface area contributed by atoms with Crippen LogP contribution in [0.1, 0.15) is 11.1 Å². The van der Waals surface area contributed by atoms with Gasteiger partial charge in [0.05, 0.1) is 0 Å². The van der Waals surface area contributed by atoms with Crippen molar-refractivity contribution in [3.8, 4) is 0 Å².